The van der Waals surface area contributed by atoms with E-state index in [4.69, 9.17) is 16.3 Å². The number of ether oxygens (including phenoxy) is 1. The lowest BCUT2D eigenvalue weighted by molar-refractivity contribution is -0.139. The quantitative estimate of drug-likeness (QED) is 0.398. The Balaban J connectivity index is 2.15. The minimum absolute atomic E-state index is 0.0376. The van der Waals surface area contributed by atoms with E-state index in [1.54, 1.807) is 23.1 Å². The molecule has 7 heteroatoms. The first-order valence-corrected chi connectivity index (χ1v) is 10.5. The van der Waals surface area contributed by atoms with Crippen molar-refractivity contribution in [2.24, 2.45) is 0 Å². The molecule has 2 aromatic rings. The normalized spacial score (nSPS) is 18.1. The number of benzene rings is 2. The third-order valence-electron chi connectivity index (χ3n) is 5.33. The highest BCUT2D eigenvalue weighted by atomic mass is 35.5. The molecule has 3 rings (SSSR count). The summed E-state index contributed by atoms with van der Waals surface area (Å²) in [5.41, 5.74) is 2.06. The molecule has 0 bridgehead atoms. The molecule has 0 radical (unpaired) electrons. The third kappa shape index (κ3) is 4.75. The SMILES string of the molecule is COc1ccc(Cl)c(/C(O)=C2\C(=O)C(=O)N(CCCN(C)C)C2c2cccc(C)c2)c1. The molecule has 1 fully saturated rings. The summed E-state index contributed by atoms with van der Waals surface area (Å²) in [4.78, 5) is 29.6. The Morgan fingerprint density at radius 3 is 2.58 bits per heavy atom. The molecule has 1 heterocycles. The van der Waals surface area contributed by atoms with Gasteiger partial charge in [0.1, 0.15) is 11.5 Å². The number of rotatable bonds is 7. The lowest BCUT2D eigenvalue weighted by atomic mass is 9.94. The number of ketones is 1. The molecule has 164 valence electrons. The lowest BCUT2D eigenvalue weighted by Crippen LogP contribution is -2.32. The predicted octanol–water partition coefficient (Wildman–Crippen LogP) is 4.03. The number of amides is 1. The molecule has 1 saturated heterocycles. The largest absolute Gasteiger partial charge is 0.507 e. The summed E-state index contributed by atoms with van der Waals surface area (Å²) in [6.45, 7) is 3.11. The van der Waals surface area contributed by atoms with Gasteiger partial charge in [-0.3, -0.25) is 9.59 Å². The Morgan fingerprint density at radius 2 is 1.94 bits per heavy atom. The smallest absolute Gasteiger partial charge is 0.295 e. The van der Waals surface area contributed by atoms with Crippen molar-refractivity contribution >= 4 is 29.1 Å². The van der Waals surface area contributed by atoms with Crippen LogP contribution in [0, 0.1) is 6.92 Å². The molecule has 0 saturated carbocycles. The molecule has 0 aliphatic carbocycles. The predicted molar refractivity (Wildman–Crippen MR) is 121 cm³/mol. The summed E-state index contributed by atoms with van der Waals surface area (Å²) in [5.74, 6) is -1.15. The summed E-state index contributed by atoms with van der Waals surface area (Å²) in [6, 6.07) is 11.7. The van der Waals surface area contributed by atoms with Gasteiger partial charge in [0.2, 0.25) is 0 Å². The van der Waals surface area contributed by atoms with Crippen molar-refractivity contribution in [3.8, 4) is 5.75 Å². The molecule has 1 aliphatic heterocycles. The van der Waals surface area contributed by atoms with Gasteiger partial charge >= 0.3 is 0 Å². The van der Waals surface area contributed by atoms with Crippen molar-refractivity contribution in [1.29, 1.82) is 0 Å². The summed E-state index contributed by atoms with van der Waals surface area (Å²) in [6.07, 6.45) is 0.697. The van der Waals surface area contributed by atoms with Crippen molar-refractivity contribution in [2.75, 3.05) is 34.3 Å². The van der Waals surface area contributed by atoms with Crippen molar-refractivity contribution in [1.82, 2.24) is 9.80 Å². The van der Waals surface area contributed by atoms with Crippen LogP contribution in [0.1, 0.15) is 29.2 Å². The second-order valence-corrected chi connectivity index (χ2v) is 8.32. The van der Waals surface area contributed by atoms with E-state index >= 15 is 0 Å². The Kier molecular flexibility index (Phi) is 7.03. The van der Waals surface area contributed by atoms with Crippen LogP contribution < -0.4 is 4.74 Å². The maximum atomic E-state index is 13.1. The number of aliphatic hydroxyl groups excluding tert-OH is 1. The van der Waals surface area contributed by atoms with E-state index in [1.807, 2.05) is 50.2 Å². The van der Waals surface area contributed by atoms with E-state index in [0.29, 0.717) is 18.7 Å². The number of Topliss-reactive ketones (excluding diaryl/α,β-unsaturated/α-hetero) is 1. The van der Waals surface area contributed by atoms with Crippen LogP contribution in [0.2, 0.25) is 5.02 Å². The number of halogens is 1. The van der Waals surface area contributed by atoms with Crippen LogP contribution in [-0.4, -0.2) is 60.9 Å². The van der Waals surface area contributed by atoms with Crippen molar-refractivity contribution < 1.29 is 19.4 Å². The molecular weight excluding hydrogens is 416 g/mol. The second-order valence-electron chi connectivity index (χ2n) is 7.91. The standard InChI is InChI=1S/C24H27ClN2O4/c1-15-7-5-8-16(13-15)21-20(22(28)18-14-17(31-4)9-10-19(18)25)23(29)24(30)27(21)12-6-11-26(2)3/h5,7-10,13-14,21,28H,6,11-12H2,1-4H3/b22-20+. The summed E-state index contributed by atoms with van der Waals surface area (Å²) in [7, 11) is 5.41. The van der Waals surface area contributed by atoms with Crippen LogP contribution >= 0.6 is 11.6 Å². The van der Waals surface area contributed by atoms with E-state index in [-0.39, 0.29) is 21.9 Å². The number of aliphatic hydroxyl groups is 1. The number of carbonyl (C=O) groups is 2. The molecule has 1 atom stereocenters. The highest BCUT2D eigenvalue weighted by molar-refractivity contribution is 6.47. The first-order valence-electron chi connectivity index (χ1n) is 10.1. The Hall–Kier alpha value is -2.83. The van der Waals surface area contributed by atoms with E-state index in [2.05, 4.69) is 0 Å². The maximum Gasteiger partial charge on any atom is 0.295 e. The zero-order valence-electron chi connectivity index (χ0n) is 18.2. The number of aryl methyl sites for hydroxylation is 1. The van der Waals surface area contributed by atoms with E-state index in [1.165, 1.54) is 7.11 Å². The van der Waals surface area contributed by atoms with Gasteiger partial charge in [0.15, 0.2) is 0 Å². The molecule has 0 spiro atoms. The van der Waals surface area contributed by atoms with Gasteiger partial charge < -0.3 is 19.6 Å². The van der Waals surface area contributed by atoms with Gasteiger partial charge in [-0.15, -0.1) is 0 Å². The highest BCUT2D eigenvalue weighted by Gasteiger charge is 2.46. The first kappa shape index (κ1) is 22.8. The Morgan fingerprint density at radius 1 is 1.19 bits per heavy atom. The third-order valence-corrected chi connectivity index (χ3v) is 5.66. The molecule has 31 heavy (non-hydrogen) atoms. The Bertz CT molecular complexity index is 1030. The topological polar surface area (TPSA) is 70.1 Å². The summed E-state index contributed by atoms with van der Waals surface area (Å²) in [5, 5.41) is 11.4. The van der Waals surface area contributed by atoms with Gasteiger partial charge in [-0.25, -0.2) is 0 Å². The van der Waals surface area contributed by atoms with Gasteiger partial charge in [0.25, 0.3) is 11.7 Å². The number of hydrogen-bond donors (Lipinski definition) is 1. The summed E-state index contributed by atoms with van der Waals surface area (Å²) < 4.78 is 5.24. The monoisotopic (exact) mass is 442 g/mol. The minimum Gasteiger partial charge on any atom is -0.507 e. The fourth-order valence-corrected chi connectivity index (χ4v) is 4.02. The van der Waals surface area contributed by atoms with Crippen LogP contribution in [0.5, 0.6) is 5.75 Å². The van der Waals surface area contributed by atoms with Crippen LogP contribution in [0.15, 0.2) is 48.0 Å². The molecule has 2 aromatic carbocycles. The molecule has 1 unspecified atom stereocenters. The van der Waals surface area contributed by atoms with E-state index < -0.39 is 17.7 Å². The molecule has 1 aliphatic rings. The van der Waals surface area contributed by atoms with Crippen LogP contribution in [0.25, 0.3) is 5.76 Å². The average Bonchev–Trinajstić information content (AvgIpc) is 2.98. The van der Waals surface area contributed by atoms with Gasteiger partial charge in [0.05, 0.1) is 23.7 Å². The molecule has 1 N–H and O–H groups in total. The number of methoxy groups -OCH3 is 1. The highest BCUT2D eigenvalue weighted by Crippen LogP contribution is 2.41. The van der Waals surface area contributed by atoms with Gasteiger partial charge in [-0.1, -0.05) is 41.4 Å². The van der Waals surface area contributed by atoms with Gasteiger partial charge in [-0.2, -0.15) is 0 Å². The molecular formula is C24H27ClN2O4. The van der Waals surface area contributed by atoms with E-state index in [9.17, 15) is 14.7 Å². The number of likely N-dealkylation sites (tertiary alicyclic amines) is 1. The molecule has 6 nitrogen and oxygen atoms in total. The maximum absolute atomic E-state index is 13.1. The number of carbonyl (C=O) groups excluding carboxylic acids is 2. The zero-order valence-corrected chi connectivity index (χ0v) is 18.9. The minimum atomic E-state index is -0.715. The van der Waals surface area contributed by atoms with E-state index in [0.717, 1.165) is 17.7 Å². The van der Waals surface area contributed by atoms with Gasteiger partial charge in [-0.05, 0) is 57.7 Å². The molecule has 0 aromatic heterocycles. The zero-order chi connectivity index (χ0) is 22.7. The summed E-state index contributed by atoms with van der Waals surface area (Å²) >= 11 is 6.32. The Labute approximate surface area is 187 Å². The van der Waals surface area contributed by atoms with Crippen molar-refractivity contribution in [2.45, 2.75) is 19.4 Å². The molecule has 1 amide bonds. The first-order chi connectivity index (χ1) is 14.7. The van der Waals surface area contributed by atoms with Crippen molar-refractivity contribution in [3.63, 3.8) is 0 Å². The van der Waals surface area contributed by atoms with Crippen LogP contribution in [0.4, 0.5) is 0 Å². The average molecular weight is 443 g/mol. The van der Waals surface area contributed by atoms with Crippen molar-refractivity contribution in [3.05, 3.63) is 69.8 Å². The fraction of sp³-hybridized carbons (Fsp3) is 0.333. The lowest BCUT2D eigenvalue weighted by Gasteiger charge is -2.26. The van der Waals surface area contributed by atoms with Crippen LogP contribution in [0.3, 0.4) is 0 Å². The van der Waals surface area contributed by atoms with Crippen LogP contribution in [-0.2, 0) is 9.59 Å². The second kappa shape index (κ2) is 9.54. The van der Waals surface area contributed by atoms with Gasteiger partial charge in [0, 0.05) is 12.1 Å². The number of hydrogen-bond acceptors (Lipinski definition) is 5. The number of nitrogens with zero attached hydrogens (tertiary/aromatic N) is 2. The fourth-order valence-electron chi connectivity index (χ4n) is 3.81.